The van der Waals surface area contributed by atoms with Crippen LogP contribution >= 0.6 is 0 Å². The molecule has 0 saturated heterocycles. The number of rotatable bonds is 7. The summed E-state index contributed by atoms with van der Waals surface area (Å²) in [6.45, 7) is 2.91. The zero-order chi connectivity index (χ0) is 23.6. The molecule has 0 fully saturated rings. The molecular formula is C24H19F7O. The molecule has 0 bridgehead atoms. The number of hydrogen-bond donors (Lipinski definition) is 0. The van der Waals surface area contributed by atoms with Crippen molar-refractivity contribution in [1.29, 1.82) is 0 Å². The van der Waals surface area contributed by atoms with Crippen molar-refractivity contribution in [3.63, 3.8) is 0 Å². The Bertz CT molecular complexity index is 1100. The zero-order valence-corrected chi connectivity index (χ0v) is 17.2. The fourth-order valence-corrected chi connectivity index (χ4v) is 3.22. The van der Waals surface area contributed by atoms with Gasteiger partial charge in [-0.3, -0.25) is 0 Å². The van der Waals surface area contributed by atoms with Crippen LogP contribution in [-0.2, 0) is 12.5 Å². The molecule has 0 aliphatic carbocycles. The lowest BCUT2D eigenvalue weighted by atomic mass is 9.99. The topological polar surface area (TPSA) is 9.23 Å². The van der Waals surface area contributed by atoms with E-state index in [0.29, 0.717) is 5.56 Å². The minimum absolute atomic E-state index is 0.0247. The van der Waals surface area contributed by atoms with E-state index >= 15 is 0 Å². The summed E-state index contributed by atoms with van der Waals surface area (Å²) in [6, 6.07) is 8.44. The van der Waals surface area contributed by atoms with E-state index in [-0.39, 0.29) is 11.6 Å². The van der Waals surface area contributed by atoms with Crippen LogP contribution in [0.5, 0.6) is 5.75 Å². The summed E-state index contributed by atoms with van der Waals surface area (Å²) in [5.74, 6) is -9.70. The molecule has 170 valence electrons. The number of ether oxygens (including phenoxy) is 1. The quantitative estimate of drug-likeness (QED) is 0.260. The Labute approximate surface area is 180 Å². The summed E-state index contributed by atoms with van der Waals surface area (Å²) in [6.07, 6.45) is -1.80. The van der Waals surface area contributed by atoms with Gasteiger partial charge in [-0.05, 0) is 48.6 Å². The van der Waals surface area contributed by atoms with Gasteiger partial charge < -0.3 is 4.74 Å². The Hall–Kier alpha value is -3.03. The molecule has 0 aliphatic rings. The smallest absolute Gasteiger partial charge is 0.428 e. The van der Waals surface area contributed by atoms with Crippen molar-refractivity contribution in [1.82, 2.24) is 0 Å². The minimum Gasteiger partial charge on any atom is -0.428 e. The van der Waals surface area contributed by atoms with Gasteiger partial charge >= 0.3 is 6.11 Å². The summed E-state index contributed by atoms with van der Waals surface area (Å²) in [4.78, 5) is 0. The summed E-state index contributed by atoms with van der Waals surface area (Å²) in [7, 11) is 0. The monoisotopic (exact) mass is 456 g/mol. The maximum Gasteiger partial charge on any atom is 0.432 e. The van der Waals surface area contributed by atoms with Gasteiger partial charge in [0.05, 0.1) is 0 Å². The number of aryl methyl sites for hydroxylation is 1. The van der Waals surface area contributed by atoms with Crippen molar-refractivity contribution in [2.45, 2.75) is 39.2 Å². The standard InChI is InChI=1S/C24H19F7O/c1-3-4-5-14-6-8-15(9-7-14)16-10-17(25)21(18(26)11-16)24(30,31)32-20-12-19(27)23(29)22(28)13(20)2/h6-12H,3-5H2,1-2H3. The second-order valence-corrected chi connectivity index (χ2v) is 7.34. The van der Waals surface area contributed by atoms with Crippen molar-refractivity contribution in [3.05, 3.63) is 88.2 Å². The Morgan fingerprint density at radius 1 is 0.781 bits per heavy atom. The van der Waals surface area contributed by atoms with Crippen molar-refractivity contribution < 1.29 is 35.5 Å². The molecule has 0 unspecified atom stereocenters. The molecule has 3 rings (SSSR count). The molecule has 0 saturated carbocycles. The van der Waals surface area contributed by atoms with E-state index in [2.05, 4.69) is 4.74 Å². The van der Waals surface area contributed by atoms with Crippen LogP contribution in [0.1, 0.15) is 36.5 Å². The van der Waals surface area contributed by atoms with Crippen LogP contribution < -0.4 is 4.74 Å². The van der Waals surface area contributed by atoms with Gasteiger partial charge in [-0.25, -0.2) is 22.0 Å². The maximum atomic E-state index is 14.6. The third-order valence-corrected chi connectivity index (χ3v) is 5.04. The van der Waals surface area contributed by atoms with Crippen LogP contribution in [0, 0.1) is 36.0 Å². The molecule has 0 atom stereocenters. The fraction of sp³-hybridized carbons (Fsp3) is 0.250. The first-order valence-corrected chi connectivity index (χ1v) is 9.85. The van der Waals surface area contributed by atoms with E-state index in [1.165, 1.54) is 0 Å². The second-order valence-electron chi connectivity index (χ2n) is 7.34. The average molecular weight is 456 g/mol. The van der Waals surface area contributed by atoms with Crippen LogP contribution in [0.3, 0.4) is 0 Å². The van der Waals surface area contributed by atoms with Crippen molar-refractivity contribution in [2.75, 3.05) is 0 Å². The van der Waals surface area contributed by atoms with E-state index < -0.39 is 52.1 Å². The molecule has 0 aliphatic heterocycles. The summed E-state index contributed by atoms with van der Waals surface area (Å²) < 4.78 is 103. The van der Waals surface area contributed by atoms with Gasteiger partial charge in [0.2, 0.25) is 0 Å². The predicted molar refractivity (Wildman–Crippen MR) is 106 cm³/mol. The number of alkyl halides is 2. The lowest BCUT2D eigenvalue weighted by Gasteiger charge is -2.21. The van der Waals surface area contributed by atoms with Gasteiger partial charge in [0.1, 0.15) is 22.9 Å². The third kappa shape index (κ3) is 4.74. The Kier molecular flexibility index (Phi) is 6.81. The molecule has 8 heteroatoms. The van der Waals surface area contributed by atoms with E-state index in [1.54, 1.807) is 24.3 Å². The normalized spacial score (nSPS) is 11.7. The maximum absolute atomic E-state index is 14.6. The average Bonchev–Trinajstić information content (AvgIpc) is 2.74. The number of unbranched alkanes of at least 4 members (excludes halogenated alkanes) is 1. The molecule has 0 spiro atoms. The van der Waals surface area contributed by atoms with Crippen LogP contribution in [0.4, 0.5) is 30.7 Å². The molecule has 32 heavy (non-hydrogen) atoms. The van der Waals surface area contributed by atoms with Crippen LogP contribution in [0.25, 0.3) is 11.1 Å². The molecule has 0 heterocycles. The highest BCUT2D eigenvalue weighted by molar-refractivity contribution is 5.64. The number of hydrogen-bond acceptors (Lipinski definition) is 1. The fourth-order valence-electron chi connectivity index (χ4n) is 3.22. The van der Waals surface area contributed by atoms with Crippen LogP contribution in [-0.4, -0.2) is 0 Å². The Morgan fingerprint density at radius 3 is 1.94 bits per heavy atom. The van der Waals surface area contributed by atoms with E-state index in [4.69, 9.17) is 0 Å². The molecule has 0 aromatic heterocycles. The SMILES string of the molecule is CCCCc1ccc(-c2cc(F)c(C(F)(F)Oc3cc(F)c(F)c(F)c3C)c(F)c2)cc1. The number of halogens is 7. The Balaban J connectivity index is 1.93. The van der Waals surface area contributed by atoms with Crippen molar-refractivity contribution in [2.24, 2.45) is 0 Å². The van der Waals surface area contributed by atoms with Crippen LogP contribution in [0.2, 0.25) is 0 Å². The summed E-state index contributed by atoms with van der Waals surface area (Å²) in [5.41, 5.74) is -1.04. The number of benzene rings is 3. The summed E-state index contributed by atoms with van der Waals surface area (Å²) in [5, 5.41) is 0. The van der Waals surface area contributed by atoms with E-state index in [0.717, 1.165) is 43.9 Å². The zero-order valence-electron chi connectivity index (χ0n) is 17.2. The highest BCUT2D eigenvalue weighted by Crippen LogP contribution is 2.39. The van der Waals surface area contributed by atoms with Gasteiger partial charge in [0.25, 0.3) is 0 Å². The highest BCUT2D eigenvalue weighted by Gasteiger charge is 2.42. The largest absolute Gasteiger partial charge is 0.432 e. The van der Waals surface area contributed by atoms with Gasteiger partial charge in [0.15, 0.2) is 17.5 Å². The first-order chi connectivity index (χ1) is 15.0. The molecule has 3 aromatic rings. The predicted octanol–water partition coefficient (Wildman–Crippen LogP) is 7.83. The highest BCUT2D eigenvalue weighted by atomic mass is 19.3. The van der Waals surface area contributed by atoms with Crippen molar-refractivity contribution >= 4 is 0 Å². The molecule has 0 N–H and O–H groups in total. The minimum atomic E-state index is -4.63. The van der Waals surface area contributed by atoms with Crippen molar-refractivity contribution in [3.8, 4) is 16.9 Å². The molecule has 3 aromatic carbocycles. The van der Waals surface area contributed by atoms with Gasteiger partial charge in [-0.15, -0.1) is 0 Å². The van der Waals surface area contributed by atoms with E-state index in [1.807, 2.05) is 6.92 Å². The third-order valence-electron chi connectivity index (χ3n) is 5.04. The Morgan fingerprint density at radius 2 is 1.38 bits per heavy atom. The second kappa shape index (κ2) is 9.22. The lowest BCUT2D eigenvalue weighted by molar-refractivity contribution is -0.190. The van der Waals surface area contributed by atoms with E-state index in [9.17, 15) is 30.7 Å². The van der Waals surface area contributed by atoms with Gasteiger partial charge in [-0.1, -0.05) is 37.6 Å². The molecular weight excluding hydrogens is 437 g/mol. The first-order valence-electron chi connectivity index (χ1n) is 9.85. The summed E-state index contributed by atoms with van der Waals surface area (Å²) >= 11 is 0. The van der Waals surface area contributed by atoms with Gasteiger partial charge in [-0.2, -0.15) is 8.78 Å². The lowest BCUT2D eigenvalue weighted by Crippen LogP contribution is -2.26. The van der Waals surface area contributed by atoms with Gasteiger partial charge in [0, 0.05) is 11.6 Å². The molecule has 1 nitrogen and oxygen atoms in total. The van der Waals surface area contributed by atoms with Crippen LogP contribution in [0.15, 0.2) is 42.5 Å². The molecule has 0 amide bonds. The molecule has 0 radical (unpaired) electrons. The first kappa shape index (κ1) is 23.6.